The van der Waals surface area contributed by atoms with Crippen molar-refractivity contribution in [2.45, 2.75) is 0 Å². The Labute approximate surface area is 299 Å². The van der Waals surface area contributed by atoms with Gasteiger partial charge in [0, 0.05) is 16.9 Å². The number of fused-ring (bicyclic) bond motifs is 3. The van der Waals surface area contributed by atoms with E-state index in [0.29, 0.717) is 0 Å². The number of benzene rings is 9. The van der Waals surface area contributed by atoms with E-state index in [0.717, 1.165) is 17.1 Å². The van der Waals surface area contributed by atoms with Gasteiger partial charge in [0.05, 0.1) is 5.69 Å². The second kappa shape index (κ2) is 13.3. The van der Waals surface area contributed by atoms with Crippen molar-refractivity contribution in [2.24, 2.45) is 0 Å². The normalized spacial score (nSPS) is 11.1. The van der Waals surface area contributed by atoms with E-state index >= 15 is 0 Å². The van der Waals surface area contributed by atoms with Crippen LogP contribution in [0.1, 0.15) is 0 Å². The fraction of sp³-hybridized carbons (Fsp3) is 0. The first-order chi connectivity index (χ1) is 25.3. The van der Waals surface area contributed by atoms with Crippen LogP contribution in [0, 0.1) is 0 Å². The third-order valence-corrected chi connectivity index (χ3v) is 9.89. The highest BCUT2D eigenvalue weighted by atomic mass is 15.1. The van der Waals surface area contributed by atoms with Gasteiger partial charge in [-0.2, -0.15) is 0 Å². The predicted molar refractivity (Wildman–Crippen MR) is 218 cm³/mol. The van der Waals surface area contributed by atoms with Gasteiger partial charge in [-0.1, -0.05) is 176 Å². The van der Waals surface area contributed by atoms with Crippen LogP contribution in [0.15, 0.2) is 212 Å². The molecule has 51 heavy (non-hydrogen) atoms. The minimum Gasteiger partial charge on any atom is -0.310 e. The zero-order valence-electron chi connectivity index (χ0n) is 28.2. The minimum atomic E-state index is 1.10. The van der Waals surface area contributed by atoms with Crippen LogP contribution in [-0.2, 0) is 0 Å². The van der Waals surface area contributed by atoms with Gasteiger partial charge in [0.15, 0.2) is 0 Å². The molecule has 0 bridgehead atoms. The Morgan fingerprint density at radius 2 is 0.667 bits per heavy atom. The number of anilines is 3. The molecule has 240 valence electrons. The van der Waals surface area contributed by atoms with Crippen LogP contribution in [0.5, 0.6) is 0 Å². The molecule has 0 heterocycles. The van der Waals surface area contributed by atoms with Crippen molar-refractivity contribution in [3.63, 3.8) is 0 Å². The highest BCUT2D eigenvalue weighted by molar-refractivity contribution is 6.13. The van der Waals surface area contributed by atoms with Crippen LogP contribution < -0.4 is 4.90 Å². The monoisotopic (exact) mass is 649 g/mol. The lowest BCUT2D eigenvalue weighted by Crippen LogP contribution is -2.11. The van der Waals surface area contributed by atoms with Gasteiger partial charge >= 0.3 is 0 Å². The fourth-order valence-corrected chi connectivity index (χ4v) is 7.33. The first-order valence-corrected chi connectivity index (χ1v) is 17.5. The first kappa shape index (κ1) is 30.4. The molecule has 9 aromatic carbocycles. The Morgan fingerprint density at radius 1 is 0.255 bits per heavy atom. The molecule has 0 aromatic heterocycles. The Hall–Kier alpha value is -6.70. The molecule has 0 aliphatic heterocycles. The van der Waals surface area contributed by atoms with Gasteiger partial charge < -0.3 is 4.90 Å². The molecule has 0 N–H and O–H groups in total. The smallest absolute Gasteiger partial charge is 0.0540 e. The molecular formula is C50H35N. The summed E-state index contributed by atoms with van der Waals surface area (Å²) in [6.07, 6.45) is 0. The maximum Gasteiger partial charge on any atom is 0.0540 e. The molecule has 0 spiro atoms. The topological polar surface area (TPSA) is 3.24 Å². The maximum absolute atomic E-state index is 2.39. The summed E-state index contributed by atoms with van der Waals surface area (Å²) in [7, 11) is 0. The highest BCUT2D eigenvalue weighted by Crippen LogP contribution is 2.43. The molecular weight excluding hydrogens is 615 g/mol. The van der Waals surface area contributed by atoms with Gasteiger partial charge in [-0.15, -0.1) is 0 Å². The zero-order valence-corrected chi connectivity index (χ0v) is 28.2. The molecule has 0 saturated heterocycles. The molecule has 0 amide bonds. The van der Waals surface area contributed by atoms with Crippen LogP contribution in [-0.4, -0.2) is 0 Å². The Kier molecular flexibility index (Phi) is 7.92. The van der Waals surface area contributed by atoms with E-state index in [1.165, 1.54) is 66.1 Å². The van der Waals surface area contributed by atoms with E-state index in [2.05, 4.69) is 217 Å². The second-order valence-corrected chi connectivity index (χ2v) is 12.9. The summed E-state index contributed by atoms with van der Waals surface area (Å²) in [5.41, 5.74) is 13.0. The van der Waals surface area contributed by atoms with Gasteiger partial charge in [-0.25, -0.2) is 0 Å². The fourth-order valence-electron chi connectivity index (χ4n) is 7.33. The summed E-state index contributed by atoms with van der Waals surface area (Å²) in [6.45, 7) is 0. The van der Waals surface area contributed by atoms with Crippen molar-refractivity contribution < 1.29 is 0 Å². The van der Waals surface area contributed by atoms with Crippen LogP contribution in [0.2, 0.25) is 0 Å². The molecule has 9 aromatic rings. The largest absolute Gasteiger partial charge is 0.310 e. The van der Waals surface area contributed by atoms with Crippen molar-refractivity contribution in [3.8, 4) is 44.5 Å². The number of rotatable bonds is 7. The van der Waals surface area contributed by atoms with Crippen molar-refractivity contribution in [1.82, 2.24) is 0 Å². The zero-order chi connectivity index (χ0) is 34.0. The van der Waals surface area contributed by atoms with Gasteiger partial charge in [-0.05, 0) is 96.9 Å². The quantitative estimate of drug-likeness (QED) is 0.155. The van der Waals surface area contributed by atoms with Crippen LogP contribution in [0.3, 0.4) is 0 Å². The SMILES string of the molecule is c1ccc(-c2ccc(-c3ccccc3N(c3ccc(-c4ccccc4)cc3)c3ccc(-c4cc5ccccc5c5ccccc45)cc3)cc2)cc1. The molecule has 0 saturated carbocycles. The lowest BCUT2D eigenvalue weighted by Gasteiger charge is -2.28. The van der Waals surface area contributed by atoms with E-state index < -0.39 is 0 Å². The number of nitrogens with zero attached hydrogens (tertiary/aromatic N) is 1. The first-order valence-electron chi connectivity index (χ1n) is 17.5. The van der Waals surface area contributed by atoms with Gasteiger partial charge in [0.1, 0.15) is 0 Å². The third-order valence-electron chi connectivity index (χ3n) is 9.89. The van der Waals surface area contributed by atoms with Crippen molar-refractivity contribution in [2.75, 3.05) is 4.90 Å². The molecule has 0 unspecified atom stereocenters. The van der Waals surface area contributed by atoms with Crippen molar-refractivity contribution in [3.05, 3.63) is 212 Å². The van der Waals surface area contributed by atoms with Gasteiger partial charge in [0.2, 0.25) is 0 Å². The maximum atomic E-state index is 2.39. The van der Waals surface area contributed by atoms with Crippen LogP contribution in [0.4, 0.5) is 17.1 Å². The molecule has 1 heteroatoms. The summed E-state index contributed by atoms with van der Waals surface area (Å²) < 4.78 is 0. The standard InChI is InChI=1S/C50H35N/c1-3-13-36(14-4-1)38-23-25-40(26-24-38)46-19-11-12-22-50(46)51(43-31-27-39(28-32-43)37-15-5-2-6-16-37)44-33-29-41(30-34-44)49-35-42-17-7-8-18-45(42)47-20-9-10-21-48(47)49/h1-35H. The van der Waals surface area contributed by atoms with E-state index in [4.69, 9.17) is 0 Å². The Bertz CT molecular complexity index is 2590. The minimum absolute atomic E-state index is 1.10. The lowest BCUT2D eigenvalue weighted by molar-refractivity contribution is 1.28. The molecule has 0 aliphatic carbocycles. The molecule has 0 atom stereocenters. The van der Waals surface area contributed by atoms with Gasteiger partial charge in [0.25, 0.3) is 0 Å². The second-order valence-electron chi connectivity index (χ2n) is 12.9. The van der Waals surface area contributed by atoms with E-state index in [9.17, 15) is 0 Å². The van der Waals surface area contributed by atoms with Crippen LogP contribution in [0.25, 0.3) is 66.1 Å². The van der Waals surface area contributed by atoms with Crippen molar-refractivity contribution in [1.29, 1.82) is 0 Å². The summed E-state index contributed by atoms with van der Waals surface area (Å²) >= 11 is 0. The average Bonchev–Trinajstić information content (AvgIpc) is 3.22. The average molecular weight is 650 g/mol. The number of hydrogen-bond acceptors (Lipinski definition) is 1. The molecule has 9 rings (SSSR count). The third kappa shape index (κ3) is 5.86. The predicted octanol–water partition coefficient (Wildman–Crippen LogP) is 14.1. The van der Waals surface area contributed by atoms with Crippen LogP contribution >= 0.6 is 0 Å². The lowest BCUT2D eigenvalue weighted by atomic mass is 9.93. The van der Waals surface area contributed by atoms with Crippen molar-refractivity contribution >= 4 is 38.6 Å². The number of hydrogen-bond donors (Lipinski definition) is 0. The summed E-state index contributed by atoms with van der Waals surface area (Å²) in [6, 6.07) is 76.6. The summed E-state index contributed by atoms with van der Waals surface area (Å²) in [5, 5.41) is 5.08. The van der Waals surface area contributed by atoms with Gasteiger partial charge in [-0.3, -0.25) is 0 Å². The molecule has 1 nitrogen and oxygen atoms in total. The molecule has 0 radical (unpaired) electrons. The highest BCUT2D eigenvalue weighted by Gasteiger charge is 2.18. The Morgan fingerprint density at radius 3 is 1.29 bits per heavy atom. The summed E-state index contributed by atoms with van der Waals surface area (Å²) in [5.74, 6) is 0. The molecule has 0 fully saturated rings. The van der Waals surface area contributed by atoms with E-state index in [1.54, 1.807) is 0 Å². The summed E-state index contributed by atoms with van der Waals surface area (Å²) in [4.78, 5) is 2.39. The number of para-hydroxylation sites is 1. The van der Waals surface area contributed by atoms with E-state index in [1.807, 2.05) is 0 Å². The molecule has 0 aliphatic rings. The van der Waals surface area contributed by atoms with E-state index in [-0.39, 0.29) is 0 Å². The Balaban J connectivity index is 1.16.